The number of amides is 1. The van der Waals surface area contributed by atoms with E-state index in [-0.39, 0.29) is 12.4 Å². The van der Waals surface area contributed by atoms with Crippen LogP contribution in [-0.4, -0.2) is 18.0 Å². The molecule has 0 spiro atoms. The number of methoxy groups -OCH3 is 1. The van der Waals surface area contributed by atoms with Gasteiger partial charge in [0.25, 0.3) is 5.91 Å². The van der Waals surface area contributed by atoms with Crippen molar-refractivity contribution in [3.05, 3.63) is 62.9 Å². The van der Waals surface area contributed by atoms with Crippen LogP contribution in [-0.2, 0) is 6.61 Å². The van der Waals surface area contributed by atoms with Crippen molar-refractivity contribution in [1.29, 1.82) is 0 Å². The molecule has 0 bridgehead atoms. The van der Waals surface area contributed by atoms with E-state index >= 15 is 0 Å². The summed E-state index contributed by atoms with van der Waals surface area (Å²) < 4.78 is 38.2. The maximum Gasteiger partial charge on any atom is 0.254 e. The first-order chi connectivity index (χ1) is 12.9. The number of thiazole rings is 1. The van der Waals surface area contributed by atoms with E-state index in [1.54, 1.807) is 23.6 Å². The summed E-state index contributed by atoms with van der Waals surface area (Å²) in [7, 11) is 1.52. The normalized spacial score (nSPS) is 10.7. The quantitative estimate of drug-likeness (QED) is 0.652. The second kappa shape index (κ2) is 7.89. The summed E-state index contributed by atoms with van der Waals surface area (Å²) in [6.45, 7) is -0.0594. The van der Waals surface area contributed by atoms with Crippen molar-refractivity contribution in [3.63, 3.8) is 0 Å². The van der Waals surface area contributed by atoms with E-state index in [4.69, 9.17) is 26.8 Å². The lowest BCUT2D eigenvalue weighted by Crippen LogP contribution is -2.16. The predicted octanol–water partition coefficient (Wildman–Crippen LogP) is 4.43. The van der Waals surface area contributed by atoms with Crippen molar-refractivity contribution in [3.8, 4) is 22.8 Å². The lowest BCUT2D eigenvalue weighted by Gasteiger charge is -2.08. The smallest absolute Gasteiger partial charge is 0.254 e. The predicted molar refractivity (Wildman–Crippen MR) is 98.3 cm³/mol. The summed E-state index contributed by atoms with van der Waals surface area (Å²) in [4.78, 5) is 15.6. The number of carbonyl (C=O) groups is 1. The Morgan fingerprint density at radius 2 is 2.04 bits per heavy atom. The fourth-order valence-electron chi connectivity index (χ4n) is 2.34. The molecule has 0 fully saturated rings. The highest BCUT2D eigenvalue weighted by Gasteiger charge is 2.19. The molecular weight excluding hydrogens is 398 g/mol. The number of halogens is 3. The van der Waals surface area contributed by atoms with Crippen LogP contribution in [0.25, 0.3) is 11.3 Å². The Hall–Kier alpha value is -2.71. The standard InChI is InChI=1S/C18H13ClF2N2O3S/c1-25-14-6-9(2-3-10(14)19)12-8-27-15(23-12)7-26-13-5-4-11(20)16(17(13)21)18(22)24/h2-6,8H,7H2,1H3,(H2,22,24). The highest BCUT2D eigenvalue weighted by Crippen LogP contribution is 2.31. The van der Waals surface area contributed by atoms with Gasteiger partial charge in [-0.25, -0.2) is 13.8 Å². The number of hydrogen-bond donors (Lipinski definition) is 1. The number of benzene rings is 2. The van der Waals surface area contributed by atoms with Crippen LogP contribution in [0.2, 0.25) is 5.02 Å². The Morgan fingerprint density at radius 3 is 2.74 bits per heavy atom. The van der Waals surface area contributed by atoms with Crippen LogP contribution in [0.1, 0.15) is 15.4 Å². The molecule has 0 aliphatic heterocycles. The Kier molecular flexibility index (Phi) is 5.57. The molecule has 3 aromatic rings. The summed E-state index contributed by atoms with van der Waals surface area (Å²) in [5, 5.41) is 2.84. The summed E-state index contributed by atoms with van der Waals surface area (Å²) in [5.41, 5.74) is 5.62. The zero-order valence-electron chi connectivity index (χ0n) is 14.0. The van der Waals surface area contributed by atoms with E-state index in [1.165, 1.54) is 18.4 Å². The van der Waals surface area contributed by atoms with Gasteiger partial charge in [0.2, 0.25) is 0 Å². The number of nitrogens with two attached hydrogens (primary N) is 1. The van der Waals surface area contributed by atoms with Crippen LogP contribution in [0.4, 0.5) is 8.78 Å². The Morgan fingerprint density at radius 1 is 1.26 bits per heavy atom. The second-order valence-corrected chi connectivity index (χ2v) is 6.71. The fraction of sp³-hybridized carbons (Fsp3) is 0.111. The number of primary amides is 1. The van der Waals surface area contributed by atoms with Crippen LogP contribution >= 0.6 is 22.9 Å². The van der Waals surface area contributed by atoms with Crippen molar-refractivity contribution in [1.82, 2.24) is 4.98 Å². The molecule has 140 valence electrons. The Labute approximate surface area is 162 Å². The van der Waals surface area contributed by atoms with Gasteiger partial charge in [-0.2, -0.15) is 0 Å². The van der Waals surface area contributed by atoms with Crippen molar-refractivity contribution in [2.45, 2.75) is 6.61 Å². The first kappa shape index (κ1) is 19.1. The molecule has 27 heavy (non-hydrogen) atoms. The van der Waals surface area contributed by atoms with Gasteiger partial charge in [0.15, 0.2) is 11.6 Å². The molecule has 5 nitrogen and oxygen atoms in total. The largest absolute Gasteiger partial charge is 0.495 e. The average molecular weight is 411 g/mol. The molecule has 3 rings (SSSR count). The number of rotatable bonds is 6. The molecule has 0 saturated carbocycles. The molecule has 2 N–H and O–H groups in total. The molecule has 0 radical (unpaired) electrons. The van der Waals surface area contributed by atoms with Gasteiger partial charge in [-0.1, -0.05) is 17.7 Å². The summed E-state index contributed by atoms with van der Waals surface area (Å²) in [6.07, 6.45) is 0. The summed E-state index contributed by atoms with van der Waals surface area (Å²) in [5.74, 6) is -3.14. The van der Waals surface area contributed by atoms with E-state index in [2.05, 4.69) is 4.98 Å². The molecular formula is C18H13ClF2N2O3S. The van der Waals surface area contributed by atoms with E-state index in [1.807, 2.05) is 0 Å². The lowest BCUT2D eigenvalue weighted by atomic mass is 10.1. The van der Waals surface area contributed by atoms with Gasteiger partial charge in [-0.15, -0.1) is 11.3 Å². The molecule has 0 aliphatic rings. The maximum atomic E-state index is 14.2. The van der Waals surface area contributed by atoms with Gasteiger partial charge in [0.1, 0.15) is 28.7 Å². The van der Waals surface area contributed by atoms with Crippen molar-refractivity contribution in [2.75, 3.05) is 7.11 Å². The highest BCUT2D eigenvalue weighted by molar-refractivity contribution is 7.09. The third-order valence-electron chi connectivity index (χ3n) is 3.65. The molecule has 0 aliphatic carbocycles. The molecule has 2 aromatic carbocycles. The third-order valence-corrected chi connectivity index (χ3v) is 4.79. The lowest BCUT2D eigenvalue weighted by molar-refractivity contribution is 0.0991. The minimum atomic E-state index is -1.20. The van der Waals surface area contributed by atoms with Crippen molar-refractivity contribution >= 4 is 28.8 Å². The van der Waals surface area contributed by atoms with Crippen LogP contribution < -0.4 is 15.2 Å². The van der Waals surface area contributed by atoms with Gasteiger partial charge >= 0.3 is 0 Å². The molecule has 9 heteroatoms. The summed E-state index contributed by atoms with van der Waals surface area (Å²) >= 11 is 7.31. The van der Waals surface area contributed by atoms with Gasteiger partial charge in [-0.3, -0.25) is 4.79 Å². The third kappa shape index (κ3) is 4.01. The Balaban J connectivity index is 1.78. The Bertz CT molecular complexity index is 1010. The van der Waals surface area contributed by atoms with Crippen LogP contribution in [0, 0.1) is 11.6 Å². The molecule has 0 atom stereocenters. The first-order valence-electron chi connectivity index (χ1n) is 7.59. The zero-order valence-corrected chi connectivity index (χ0v) is 15.5. The molecule has 1 amide bonds. The molecule has 0 unspecified atom stereocenters. The van der Waals surface area contributed by atoms with Gasteiger partial charge in [0.05, 0.1) is 17.8 Å². The molecule has 1 heterocycles. The van der Waals surface area contributed by atoms with Gasteiger partial charge in [-0.05, 0) is 24.3 Å². The van der Waals surface area contributed by atoms with Crippen molar-refractivity contribution in [2.24, 2.45) is 5.73 Å². The minimum Gasteiger partial charge on any atom is -0.495 e. The monoisotopic (exact) mass is 410 g/mol. The van der Waals surface area contributed by atoms with Crippen LogP contribution in [0.15, 0.2) is 35.7 Å². The zero-order chi connectivity index (χ0) is 19.6. The topological polar surface area (TPSA) is 74.4 Å². The number of ether oxygens (including phenoxy) is 2. The van der Waals surface area contributed by atoms with Gasteiger partial charge in [0, 0.05) is 10.9 Å². The van der Waals surface area contributed by atoms with Crippen LogP contribution in [0.5, 0.6) is 11.5 Å². The fourth-order valence-corrected chi connectivity index (χ4v) is 3.25. The maximum absolute atomic E-state index is 14.2. The highest BCUT2D eigenvalue weighted by atomic mass is 35.5. The number of nitrogens with zero attached hydrogens (tertiary/aromatic N) is 1. The molecule has 1 aromatic heterocycles. The number of carbonyl (C=O) groups excluding carboxylic acids is 1. The summed E-state index contributed by atoms with van der Waals surface area (Å²) in [6, 6.07) is 7.26. The van der Waals surface area contributed by atoms with Crippen molar-refractivity contribution < 1.29 is 23.0 Å². The second-order valence-electron chi connectivity index (χ2n) is 5.36. The molecule has 0 saturated heterocycles. The van der Waals surface area contributed by atoms with Gasteiger partial charge < -0.3 is 15.2 Å². The van der Waals surface area contributed by atoms with E-state index in [9.17, 15) is 13.6 Å². The number of hydrogen-bond acceptors (Lipinski definition) is 5. The SMILES string of the molecule is COc1cc(-c2csc(COc3ccc(F)c(C(N)=O)c3F)n2)ccc1Cl. The number of aromatic nitrogens is 1. The van der Waals surface area contributed by atoms with E-state index in [0.717, 1.165) is 17.7 Å². The van der Waals surface area contributed by atoms with E-state index in [0.29, 0.717) is 21.5 Å². The van der Waals surface area contributed by atoms with Crippen LogP contribution in [0.3, 0.4) is 0 Å². The minimum absolute atomic E-state index is 0.0594. The van der Waals surface area contributed by atoms with E-state index < -0.39 is 23.1 Å². The first-order valence-corrected chi connectivity index (χ1v) is 8.85. The average Bonchev–Trinajstić information content (AvgIpc) is 3.10.